The van der Waals surface area contributed by atoms with Crippen LogP contribution in [0.3, 0.4) is 0 Å². The van der Waals surface area contributed by atoms with Gasteiger partial charge in [-0.1, -0.05) is 38.3 Å². The standard InChI is InChI=1S/C15H22N2O2/c1-11-6-3-4-8-13(11)10-16-15-12(2)7-5-9-14(15)17(18)19/h5,7,9,11,13,16H,3-4,6,8,10H2,1-2H3. The van der Waals surface area contributed by atoms with Gasteiger partial charge in [-0.2, -0.15) is 0 Å². The lowest BCUT2D eigenvalue weighted by atomic mass is 9.80. The molecule has 0 saturated heterocycles. The largest absolute Gasteiger partial charge is 0.379 e. The van der Waals surface area contributed by atoms with Crippen molar-refractivity contribution < 1.29 is 4.92 Å². The minimum Gasteiger partial charge on any atom is -0.379 e. The smallest absolute Gasteiger partial charge is 0.292 e. The fourth-order valence-corrected chi connectivity index (χ4v) is 2.96. The molecule has 0 bridgehead atoms. The highest BCUT2D eigenvalue weighted by Gasteiger charge is 2.22. The van der Waals surface area contributed by atoms with Crippen LogP contribution in [-0.4, -0.2) is 11.5 Å². The Kier molecular flexibility index (Phi) is 4.40. The summed E-state index contributed by atoms with van der Waals surface area (Å²) in [6.07, 6.45) is 5.12. The van der Waals surface area contributed by atoms with Crippen molar-refractivity contribution in [2.24, 2.45) is 11.8 Å². The maximum atomic E-state index is 11.1. The zero-order valence-corrected chi connectivity index (χ0v) is 11.7. The molecular formula is C15H22N2O2. The summed E-state index contributed by atoms with van der Waals surface area (Å²) in [6.45, 7) is 5.05. The molecule has 1 saturated carbocycles. The number of para-hydroxylation sites is 1. The number of hydrogen-bond acceptors (Lipinski definition) is 3. The second kappa shape index (κ2) is 6.04. The summed E-state index contributed by atoms with van der Waals surface area (Å²) in [4.78, 5) is 10.7. The summed E-state index contributed by atoms with van der Waals surface area (Å²) in [6, 6.07) is 5.22. The number of nitro benzene ring substituents is 1. The molecule has 1 aromatic rings. The normalized spacial score (nSPS) is 23.1. The van der Waals surface area contributed by atoms with Gasteiger partial charge in [0.1, 0.15) is 5.69 Å². The molecule has 4 nitrogen and oxygen atoms in total. The maximum Gasteiger partial charge on any atom is 0.292 e. The number of nitrogens with one attached hydrogen (secondary N) is 1. The quantitative estimate of drug-likeness (QED) is 0.655. The van der Waals surface area contributed by atoms with Crippen LogP contribution in [0.5, 0.6) is 0 Å². The Labute approximate surface area is 114 Å². The van der Waals surface area contributed by atoms with Crippen LogP contribution in [0.2, 0.25) is 0 Å². The lowest BCUT2D eigenvalue weighted by Crippen LogP contribution is -2.24. The van der Waals surface area contributed by atoms with E-state index >= 15 is 0 Å². The molecular weight excluding hydrogens is 240 g/mol. The number of hydrogen-bond donors (Lipinski definition) is 1. The van der Waals surface area contributed by atoms with Crippen molar-refractivity contribution in [3.8, 4) is 0 Å². The molecule has 1 N–H and O–H groups in total. The van der Waals surface area contributed by atoms with E-state index in [1.807, 2.05) is 13.0 Å². The Hall–Kier alpha value is -1.58. The molecule has 0 amide bonds. The van der Waals surface area contributed by atoms with E-state index in [1.165, 1.54) is 25.7 Å². The van der Waals surface area contributed by atoms with Crippen LogP contribution in [0.25, 0.3) is 0 Å². The molecule has 2 rings (SSSR count). The molecule has 1 aliphatic carbocycles. The first-order valence-corrected chi connectivity index (χ1v) is 7.07. The minimum atomic E-state index is -0.306. The molecule has 104 valence electrons. The number of aryl methyl sites for hydroxylation is 1. The average Bonchev–Trinajstić information content (AvgIpc) is 2.38. The second-order valence-electron chi connectivity index (χ2n) is 5.63. The Morgan fingerprint density at radius 1 is 1.37 bits per heavy atom. The van der Waals surface area contributed by atoms with Crippen LogP contribution in [0, 0.1) is 28.9 Å². The van der Waals surface area contributed by atoms with Gasteiger partial charge in [0.15, 0.2) is 0 Å². The fraction of sp³-hybridized carbons (Fsp3) is 0.600. The molecule has 0 aliphatic heterocycles. The Balaban J connectivity index is 2.08. The lowest BCUT2D eigenvalue weighted by molar-refractivity contribution is -0.384. The van der Waals surface area contributed by atoms with Crippen molar-refractivity contribution >= 4 is 11.4 Å². The van der Waals surface area contributed by atoms with Crippen molar-refractivity contribution in [1.29, 1.82) is 0 Å². The molecule has 0 heterocycles. The molecule has 4 heteroatoms. The van der Waals surface area contributed by atoms with Crippen LogP contribution >= 0.6 is 0 Å². The van der Waals surface area contributed by atoms with Crippen molar-refractivity contribution in [1.82, 2.24) is 0 Å². The van der Waals surface area contributed by atoms with Crippen molar-refractivity contribution in [3.05, 3.63) is 33.9 Å². The van der Waals surface area contributed by atoms with E-state index in [4.69, 9.17) is 0 Å². The van der Waals surface area contributed by atoms with Crippen LogP contribution in [0.4, 0.5) is 11.4 Å². The van der Waals surface area contributed by atoms with E-state index in [0.717, 1.165) is 12.1 Å². The molecule has 1 aliphatic rings. The minimum absolute atomic E-state index is 0.184. The zero-order valence-electron chi connectivity index (χ0n) is 11.7. The zero-order chi connectivity index (χ0) is 13.8. The topological polar surface area (TPSA) is 55.2 Å². The molecule has 1 fully saturated rings. The van der Waals surface area contributed by atoms with Crippen molar-refractivity contribution in [3.63, 3.8) is 0 Å². The number of nitro groups is 1. The van der Waals surface area contributed by atoms with Crippen LogP contribution in [0.1, 0.15) is 38.2 Å². The number of nitrogens with zero attached hydrogens (tertiary/aromatic N) is 1. The fourth-order valence-electron chi connectivity index (χ4n) is 2.96. The van der Waals surface area contributed by atoms with E-state index in [1.54, 1.807) is 12.1 Å². The van der Waals surface area contributed by atoms with Gasteiger partial charge in [0.25, 0.3) is 5.69 Å². The van der Waals surface area contributed by atoms with Crippen molar-refractivity contribution in [2.45, 2.75) is 39.5 Å². The summed E-state index contributed by atoms with van der Waals surface area (Å²) in [5, 5.41) is 14.4. The molecule has 19 heavy (non-hydrogen) atoms. The van der Waals surface area contributed by atoms with E-state index in [2.05, 4.69) is 12.2 Å². The molecule has 2 atom stereocenters. The number of benzene rings is 1. The highest BCUT2D eigenvalue weighted by Crippen LogP contribution is 2.32. The van der Waals surface area contributed by atoms with Gasteiger partial charge in [-0.25, -0.2) is 0 Å². The average molecular weight is 262 g/mol. The first-order chi connectivity index (χ1) is 9.09. The van der Waals surface area contributed by atoms with E-state index < -0.39 is 0 Å². The van der Waals surface area contributed by atoms with E-state index in [0.29, 0.717) is 17.5 Å². The van der Waals surface area contributed by atoms with E-state index in [9.17, 15) is 10.1 Å². The Morgan fingerprint density at radius 3 is 2.79 bits per heavy atom. The molecule has 1 aromatic carbocycles. The third kappa shape index (κ3) is 3.25. The third-order valence-electron chi connectivity index (χ3n) is 4.28. The summed E-state index contributed by atoms with van der Waals surface area (Å²) in [7, 11) is 0. The van der Waals surface area contributed by atoms with Gasteiger partial charge in [0.2, 0.25) is 0 Å². The Morgan fingerprint density at radius 2 is 2.11 bits per heavy atom. The van der Waals surface area contributed by atoms with Gasteiger partial charge in [-0.15, -0.1) is 0 Å². The van der Waals surface area contributed by atoms with Gasteiger partial charge in [0.05, 0.1) is 4.92 Å². The second-order valence-corrected chi connectivity index (χ2v) is 5.63. The maximum absolute atomic E-state index is 11.1. The monoisotopic (exact) mass is 262 g/mol. The molecule has 2 unspecified atom stereocenters. The highest BCUT2D eigenvalue weighted by molar-refractivity contribution is 5.65. The molecule has 0 radical (unpaired) electrons. The first-order valence-electron chi connectivity index (χ1n) is 7.07. The SMILES string of the molecule is Cc1cccc([N+](=O)[O-])c1NCC1CCCCC1C. The van der Waals surface area contributed by atoms with Crippen LogP contribution in [0.15, 0.2) is 18.2 Å². The summed E-state index contributed by atoms with van der Waals surface area (Å²) < 4.78 is 0. The summed E-state index contributed by atoms with van der Waals surface area (Å²) >= 11 is 0. The Bertz CT molecular complexity index is 459. The summed E-state index contributed by atoms with van der Waals surface area (Å²) in [5.41, 5.74) is 1.81. The van der Waals surface area contributed by atoms with Crippen molar-refractivity contribution in [2.75, 3.05) is 11.9 Å². The van der Waals surface area contributed by atoms with Gasteiger partial charge in [-0.3, -0.25) is 10.1 Å². The van der Waals surface area contributed by atoms with Crippen LogP contribution in [-0.2, 0) is 0 Å². The highest BCUT2D eigenvalue weighted by atomic mass is 16.6. The van der Waals surface area contributed by atoms with E-state index in [-0.39, 0.29) is 10.6 Å². The van der Waals surface area contributed by atoms with Gasteiger partial charge < -0.3 is 5.32 Å². The van der Waals surface area contributed by atoms with Gasteiger partial charge in [0, 0.05) is 12.6 Å². The first kappa shape index (κ1) is 13.8. The van der Waals surface area contributed by atoms with Gasteiger partial charge in [-0.05, 0) is 30.7 Å². The molecule has 0 spiro atoms. The number of rotatable bonds is 4. The molecule has 0 aromatic heterocycles. The third-order valence-corrected chi connectivity index (χ3v) is 4.28. The number of anilines is 1. The van der Waals surface area contributed by atoms with Crippen LogP contribution < -0.4 is 5.32 Å². The predicted molar refractivity (Wildman–Crippen MR) is 77.4 cm³/mol. The predicted octanol–water partition coefficient (Wildman–Crippen LogP) is 4.14. The lowest BCUT2D eigenvalue weighted by Gasteiger charge is -2.29. The summed E-state index contributed by atoms with van der Waals surface area (Å²) in [5.74, 6) is 1.34. The van der Waals surface area contributed by atoms with Gasteiger partial charge >= 0.3 is 0 Å².